The average Bonchev–Trinajstić information content (AvgIpc) is 2.58. The third-order valence-electron chi connectivity index (χ3n) is 3.28. The number of aliphatic imine (C=N–C) groups is 2. The maximum absolute atomic E-state index is 11.6. The molecule has 0 spiro atoms. The highest BCUT2D eigenvalue weighted by Gasteiger charge is 2.22. The second-order valence-corrected chi connectivity index (χ2v) is 5.05. The van der Waals surface area contributed by atoms with Crippen molar-refractivity contribution in [3.8, 4) is 0 Å². The number of benzene rings is 1. The van der Waals surface area contributed by atoms with Gasteiger partial charge in [0.25, 0.3) is 0 Å². The van der Waals surface area contributed by atoms with Gasteiger partial charge in [0.05, 0.1) is 26.5 Å². The van der Waals surface area contributed by atoms with Crippen molar-refractivity contribution in [2.45, 2.75) is 19.1 Å². The van der Waals surface area contributed by atoms with Crippen molar-refractivity contribution < 1.29 is 14.3 Å². The predicted molar refractivity (Wildman–Crippen MR) is 90.7 cm³/mol. The molecule has 1 aliphatic rings. The minimum Gasteiger partial charge on any atom is -0.469 e. The second-order valence-electron chi connectivity index (χ2n) is 5.05. The van der Waals surface area contributed by atoms with Crippen LogP contribution < -0.4 is 11.2 Å². The molecular formula is C16H21N5O3. The lowest BCUT2D eigenvalue weighted by molar-refractivity contribution is -0.139. The molecule has 1 aromatic rings. The molecule has 1 aliphatic heterocycles. The number of hydrogen-bond acceptors (Lipinski definition) is 8. The molecule has 0 aliphatic carbocycles. The van der Waals surface area contributed by atoms with Crippen LogP contribution >= 0.6 is 0 Å². The molecule has 3 N–H and O–H groups in total. The van der Waals surface area contributed by atoms with E-state index >= 15 is 0 Å². The fourth-order valence-electron chi connectivity index (χ4n) is 2.05. The van der Waals surface area contributed by atoms with Gasteiger partial charge in [-0.3, -0.25) is 10.2 Å². The van der Waals surface area contributed by atoms with Gasteiger partial charge < -0.3 is 15.2 Å². The molecular weight excluding hydrogens is 310 g/mol. The predicted octanol–water partition coefficient (Wildman–Crippen LogP) is 0.769. The van der Waals surface area contributed by atoms with Gasteiger partial charge in [-0.15, -0.1) is 0 Å². The summed E-state index contributed by atoms with van der Waals surface area (Å²) in [5.41, 5.74) is 10.3. The normalized spacial score (nSPS) is 20.0. The number of nitrogens with zero attached hydrogens (tertiary/aromatic N) is 3. The van der Waals surface area contributed by atoms with Crippen LogP contribution in [0.1, 0.15) is 12.0 Å². The van der Waals surface area contributed by atoms with Crippen molar-refractivity contribution in [1.82, 2.24) is 10.4 Å². The van der Waals surface area contributed by atoms with E-state index in [9.17, 15) is 4.79 Å². The topological polar surface area (TPSA) is 102 Å². The number of nitrogens with one attached hydrogen (secondary N) is 1. The van der Waals surface area contributed by atoms with Crippen LogP contribution in [0.15, 0.2) is 52.6 Å². The highest BCUT2D eigenvalue weighted by atomic mass is 16.5. The summed E-state index contributed by atoms with van der Waals surface area (Å²) in [4.78, 5) is 20.1. The Hall–Kier alpha value is -2.87. The van der Waals surface area contributed by atoms with Crippen molar-refractivity contribution >= 4 is 17.8 Å². The van der Waals surface area contributed by atoms with E-state index in [1.165, 1.54) is 14.2 Å². The lowest BCUT2D eigenvalue weighted by Crippen LogP contribution is -2.49. The van der Waals surface area contributed by atoms with Gasteiger partial charge in [-0.1, -0.05) is 36.9 Å². The summed E-state index contributed by atoms with van der Waals surface area (Å²) in [6.07, 6.45) is -0.832. The maximum atomic E-state index is 11.6. The van der Waals surface area contributed by atoms with E-state index in [1.807, 2.05) is 30.3 Å². The van der Waals surface area contributed by atoms with Crippen molar-refractivity contribution in [3.63, 3.8) is 0 Å². The highest BCUT2D eigenvalue weighted by molar-refractivity contribution is 5.98. The molecule has 0 amide bonds. The zero-order chi connectivity index (χ0) is 17.5. The highest BCUT2D eigenvalue weighted by Crippen LogP contribution is 2.11. The quantitative estimate of drug-likeness (QED) is 0.790. The molecule has 8 nitrogen and oxygen atoms in total. The first-order valence-corrected chi connectivity index (χ1v) is 7.32. The Morgan fingerprint density at radius 3 is 2.71 bits per heavy atom. The van der Waals surface area contributed by atoms with Gasteiger partial charge in [0.1, 0.15) is 18.4 Å². The molecule has 0 saturated heterocycles. The minimum absolute atomic E-state index is 0.0558. The Morgan fingerprint density at radius 2 is 2.08 bits per heavy atom. The van der Waals surface area contributed by atoms with Crippen molar-refractivity contribution in [2.75, 3.05) is 14.2 Å². The number of carbonyl (C=O) groups excluding carboxylic acids is 1. The van der Waals surface area contributed by atoms with E-state index in [-0.39, 0.29) is 12.4 Å². The van der Waals surface area contributed by atoms with E-state index in [4.69, 9.17) is 15.2 Å². The Kier molecular flexibility index (Phi) is 5.91. The van der Waals surface area contributed by atoms with Gasteiger partial charge in [0.15, 0.2) is 0 Å². The number of hydrazine groups is 1. The van der Waals surface area contributed by atoms with E-state index in [0.717, 1.165) is 5.56 Å². The number of hydrogen-bond donors (Lipinski definition) is 2. The van der Waals surface area contributed by atoms with Gasteiger partial charge in [0, 0.05) is 0 Å². The van der Waals surface area contributed by atoms with Crippen LogP contribution in [0.3, 0.4) is 0 Å². The SMILES string of the molecule is C=C1N=C(OC)N(Cc2ccccc2)N/C(CC(=O)OC)=N\C1N. The Labute approximate surface area is 140 Å². The largest absolute Gasteiger partial charge is 0.469 e. The smallest absolute Gasteiger partial charge is 0.313 e. The summed E-state index contributed by atoms with van der Waals surface area (Å²) >= 11 is 0. The third kappa shape index (κ3) is 4.56. The molecule has 0 fully saturated rings. The number of amidine groups is 2. The van der Waals surface area contributed by atoms with E-state index in [1.54, 1.807) is 5.01 Å². The van der Waals surface area contributed by atoms with Gasteiger partial charge in [0.2, 0.25) is 0 Å². The number of carbonyl (C=O) groups is 1. The first kappa shape index (κ1) is 17.5. The number of rotatable bonds is 4. The molecule has 8 heteroatoms. The molecule has 1 atom stereocenters. The lowest BCUT2D eigenvalue weighted by atomic mass is 10.2. The fraction of sp³-hybridized carbons (Fsp3) is 0.312. The standard InChI is InChI=1S/C16H21N5O3/c1-11-15(17)19-13(9-14(22)23-2)20-21(16(18-11)24-3)10-12-7-5-4-6-8-12/h4-8,15H,1,9-10,17H2,2-3H3,(H,19,20). The number of methoxy groups -OCH3 is 2. The van der Waals surface area contributed by atoms with Crippen LogP contribution in [0, 0.1) is 0 Å². The monoisotopic (exact) mass is 331 g/mol. The molecule has 1 unspecified atom stereocenters. The lowest BCUT2D eigenvalue weighted by Gasteiger charge is -2.29. The van der Waals surface area contributed by atoms with Crippen LogP contribution in [0.2, 0.25) is 0 Å². The summed E-state index contributed by atoms with van der Waals surface area (Å²) in [6.45, 7) is 4.24. The van der Waals surface area contributed by atoms with Gasteiger partial charge >= 0.3 is 12.0 Å². The van der Waals surface area contributed by atoms with E-state index in [2.05, 4.69) is 22.0 Å². The Balaban J connectivity index is 2.30. The molecule has 1 heterocycles. The number of ether oxygens (including phenoxy) is 2. The Morgan fingerprint density at radius 1 is 1.38 bits per heavy atom. The molecule has 2 rings (SSSR count). The molecule has 0 aromatic heterocycles. The first-order chi connectivity index (χ1) is 11.5. The number of esters is 1. The van der Waals surface area contributed by atoms with E-state index < -0.39 is 12.1 Å². The summed E-state index contributed by atoms with van der Waals surface area (Å²) in [6, 6.07) is 10.00. The summed E-state index contributed by atoms with van der Waals surface area (Å²) in [5.74, 6) is -0.0916. The van der Waals surface area contributed by atoms with Gasteiger partial charge in [-0.2, -0.15) is 4.99 Å². The average molecular weight is 331 g/mol. The van der Waals surface area contributed by atoms with Crippen LogP contribution in [0.25, 0.3) is 0 Å². The van der Waals surface area contributed by atoms with Crippen molar-refractivity contribution in [1.29, 1.82) is 0 Å². The van der Waals surface area contributed by atoms with Gasteiger partial charge in [-0.25, -0.2) is 10.0 Å². The molecule has 128 valence electrons. The third-order valence-corrected chi connectivity index (χ3v) is 3.28. The molecule has 1 aromatic carbocycles. The molecule has 0 bridgehead atoms. The summed E-state index contributed by atoms with van der Waals surface area (Å²) in [7, 11) is 2.81. The minimum atomic E-state index is -0.777. The molecule has 0 saturated carbocycles. The van der Waals surface area contributed by atoms with Crippen LogP contribution in [-0.2, 0) is 20.8 Å². The van der Waals surface area contributed by atoms with Gasteiger partial charge in [-0.05, 0) is 5.56 Å². The van der Waals surface area contributed by atoms with Crippen LogP contribution in [0.4, 0.5) is 0 Å². The van der Waals surface area contributed by atoms with Crippen molar-refractivity contribution in [3.05, 3.63) is 48.2 Å². The number of nitrogens with two attached hydrogens (primary N) is 1. The molecule has 0 radical (unpaired) electrons. The Bertz CT molecular complexity index is 657. The summed E-state index contributed by atoms with van der Waals surface area (Å²) in [5, 5.41) is 1.63. The zero-order valence-corrected chi connectivity index (χ0v) is 13.7. The van der Waals surface area contributed by atoms with Crippen LogP contribution in [0.5, 0.6) is 0 Å². The van der Waals surface area contributed by atoms with Crippen LogP contribution in [-0.4, -0.2) is 43.2 Å². The zero-order valence-electron chi connectivity index (χ0n) is 13.7. The second kappa shape index (κ2) is 8.11. The molecule has 24 heavy (non-hydrogen) atoms. The van der Waals surface area contributed by atoms with E-state index in [0.29, 0.717) is 18.1 Å². The van der Waals surface area contributed by atoms with Crippen molar-refractivity contribution in [2.24, 2.45) is 15.7 Å². The first-order valence-electron chi connectivity index (χ1n) is 7.32. The fourth-order valence-corrected chi connectivity index (χ4v) is 2.05. The maximum Gasteiger partial charge on any atom is 0.313 e. The summed E-state index contributed by atoms with van der Waals surface area (Å²) < 4.78 is 10.0.